The third kappa shape index (κ3) is 6.18. The smallest absolute Gasteiger partial charge is 0.143 e. The van der Waals surface area contributed by atoms with Crippen molar-refractivity contribution in [3.63, 3.8) is 0 Å². The number of benzene rings is 3. The van der Waals surface area contributed by atoms with Crippen LogP contribution in [0.1, 0.15) is 47.8 Å². The van der Waals surface area contributed by atoms with E-state index in [1.807, 2.05) is 49.9 Å². The van der Waals surface area contributed by atoms with Gasteiger partial charge in [-0.2, -0.15) is 0 Å². The third-order valence-corrected chi connectivity index (χ3v) is 6.62. The third-order valence-electron chi connectivity index (χ3n) is 6.62. The number of aromatic hydroxyl groups is 1. The Kier molecular flexibility index (Phi) is 9.07. The summed E-state index contributed by atoms with van der Waals surface area (Å²) in [5, 5.41) is 12.2. The second kappa shape index (κ2) is 11.9. The van der Waals surface area contributed by atoms with Crippen molar-refractivity contribution in [3.05, 3.63) is 101 Å². The van der Waals surface area contributed by atoms with Crippen molar-refractivity contribution < 1.29 is 25.2 Å². The topological polar surface area (TPSA) is 50.9 Å². The van der Waals surface area contributed by atoms with E-state index in [4.69, 9.17) is 0 Å². The van der Waals surface area contributed by atoms with Crippen LogP contribution < -0.4 is 0 Å². The van der Waals surface area contributed by atoms with Crippen LogP contribution in [0.3, 0.4) is 0 Å². The first-order valence-corrected chi connectivity index (χ1v) is 12.3. The van der Waals surface area contributed by atoms with Crippen LogP contribution in [0.15, 0.2) is 66.9 Å². The van der Waals surface area contributed by atoms with Gasteiger partial charge in [-0.05, 0) is 60.0 Å². The van der Waals surface area contributed by atoms with E-state index in [0.717, 1.165) is 39.6 Å². The molecule has 0 spiro atoms. The first kappa shape index (κ1) is 28.3. The summed E-state index contributed by atoms with van der Waals surface area (Å²) in [6.07, 6.45) is 1.89. The molecule has 3 aromatic carbocycles. The number of nitrogens with zero attached hydrogens (tertiary/aromatic N) is 3. The van der Waals surface area contributed by atoms with Crippen molar-refractivity contribution in [2.45, 2.75) is 47.5 Å². The zero-order valence-electron chi connectivity index (χ0n) is 22.6. The zero-order valence-corrected chi connectivity index (χ0v) is 24.9. The summed E-state index contributed by atoms with van der Waals surface area (Å²) >= 11 is 0. The van der Waals surface area contributed by atoms with Crippen molar-refractivity contribution in [1.29, 1.82) is 0 Å². The monoisotopic (exact) mass is 669 g/mol. The van der Waals surface area contributed by atoms with E-state index in [2.05, 4.69) is 80.1 Å². The van der Waals surface area contributed by atoms with Crippen LogP contribution in [0.2, 0.25) is 0 Å². The Balaban J connectivity index is 0.000000211. The number of phenolic OH excluding ortho intramolecular Hbond substituents is 1. The van der Waals surface area contributed by atoms with E-state index in [9.17, 15) is 5.11 Å². The maximum absolute atomic E-state index is 9.74. The van der Waals surface area contributed by atoms with E-state index in [0.29, 0.717) is 5.92 Å². The molecular weight excluding hydrogens is 635 g/mol. The summed E-state index contributed by atoms with van der Waals surface area (Å²) in [5.74, 6) is 1.60. The van der Waals surface area contributed by atoms with Crippen LogP contribution in [-0.4, -0.2) is 19.6 Å². The molecule has 4 nitrogen and oxygen atoms in total. The molecule has 0 atom stereocenters. The second-order valence-corrected chi connectivity index (χ2v) is 9.73. The zero-order chi connectivity index (χ0) is 26.0. The van der Waals surface area contributed by atoms with E-state index in [1.165, 1.54) is 21.9 Å². The number of aryl methyl sites for hydroxylation is 3. The van der Waals surface area contributed by atoms with Crippen molar-refractivity contribution in [2.24, 2.45) is 7.05 Å². The Hall–Kier alpha value is -3.27. The molecule has 0 aliphatic carbocycles. The molecule has 0 saturated carbocycles. The fourth-order valence-corrected chi connectivity index (χ4v) is 4.40. The fourth-order valence-electron chi connectivity index (χ4n) is 4.40. The predicted octanol–water partition coefficient (Wildman–Crippen LogP) is 7.85. The molecule has 193 valence electrons. The maximum atomic E-state index is 9.74. The molecule has 0 fully saturated rings. The molecule has 5 heteroatoms. The van der Waals surface area contributed by atoms with Gasteiger partial charge in [0.2, 0.25) is 0 Å². The van der Waals surface area contributed by atoms with Gasteiger partial charge in [-0.25, -0.2) is 4.98 Å². The van der Waals surface area contributed by atoms with Crippen molar-refractivity contribution in [2.75, 3.05) is 0 Å². The van der Waals surface area contributed by atoms with Crippen molar-refractivity contribution in [3.8, 4) is 28.4 Å². The van der Waals surface area contributed by atoms with Gasteiger partial charge >= 0.3 is 0 Å². The molecule has 0 aliphatic heterocycles. The van der Waals surface area contributed by atoms with E-state index in [1.54, 1.807) is 6.07 Å². The molecule has 1 radical (unpaired) electrons. The minimum absolute atomic E-state index is 0. The molecule has 0 saturated heterocycles. The van der Waals surface area contributed by atoms with Gasteiger partial charge < -0.3 is 14.7 Å². The van der Waals surface area contributed by atoms with Gasteiger partial charge in [0.1, 0.15) is 11.6 Å². The first-order chi connectivity index (χ1) is 17.2. The number of hydrogen-bond donors (Lipinski definition) is 1. The number of imidazole rings is 1. The molecular formula is C32H34IrN3O-. The van der Waals surface area contributed by atoms with Gasteiger partial charge in [-0.15, -0.1) is 34.9 Å². The van der Waals surface area contributed by atoms with Gasteiger partial charge in [-0.3, -0.25) is 0 Å². The normalized spacial score (nSPS) is 10.7. The van der Waals surface area contributed by atoms with E-state index < -0.39 is 0 Å². The molecule has 0 unspecified atom stereocenters. The van der Waals surface area contributed by atoms with Crippen LogP contribution >= 0.6 is 0 Å². The molecule has 0 aliphatic rings. The Morgan fingerprint density at radius 1 is 0.919 bits per heavy atom. The average Bonchev–Trinajstić information content (AvgIpc) is 3.10. The largest absolute Gasteiger partial charge is 0.507 e. The number of pyridine rings is 1. The Labute approximate surface area is 233 Å². The summed E-state index contributed by atoms with van der Waals surface area (Å²) in [7, 11) is 1.96. The first-order valence-electron chi connectivity index (χ1n) is 12.3. The van der Waals surface area contributed by atoms with Crippen LogP contribution in [0, 0.1) is 33.8 Å². The molecule has 5 aromatic rings. The fraction of sp³-hybridized carbons (Fsp3) is 0.250. The molecule has 2 heterocycles. The number of aromatic nitrogens is 3. The number of phenols is 1. The Morgan fingerprint density at radius 3 is 2.27 bits per heavy atom. The Bertz CT molecular complexity index is 1510. The van der Waals surface area contributed by atoms with Gasteiger partial charge in [0, 0.05) is 39.0 Å². The summed E-state index contributed by atoms with van der Waals surface area (Å²) in [4.78, 5) is 9.07. The average molecular weight is 669 g/mol. The number of rotatable bonds is 3. The number of hydrogen-bond acceptors (Lipinski definition) is 3. The maximum Gasteiger partial charge on any atom is 0.143 e. The summed E-state index contributed by atoms with van der Waals surface area (Å²) in [6.45, 7) is 12.6. The molecule has 0 amide bonds. The van der Waals surface area contributed by atoms with Gasteiger partial charge in [-0.1, -0.05) is 58.0 Å². The minimum atomic E-state index is 0. The van der Waals surface area contributed by atoms with Crippen LogP contribution in [0.4, 0.5) is 0 Å². The summed E-state index contributed by atoms with van der Waals surface area (Å²) in [6, 6.07) is 23.8. The van der Waals surface area contributed by atoms with Gasteiger partial charge in [0.25, 0.3) is 0 Å². The van der Waals surface area contributed by atoms with Gasteiger partial charge in [0.05, 0.1) is 11.3 Å². The minimum Gasteiger partial charge on any atom is -0.507 e. The van der Waals surface area contributed by atoms with E-state index >= 15 is 0 Å². The van der Waals surface area contributed by atoms with Crippen LogP contribution in [0.25, 0.3) is 33.4 Å². The van der Waals surface area contributed by atoms with Crippen molar-refractivity contribution in [1.82, 2.24) is 14.5 Å². The number of fused-ring (bicyclic) bond motifs is 1. The van der Waals surface area contributed by atoms with Crippen LogP contribution in [-0.2, 0) is 27.2 Å². The quantitative estimate of drug-likeness (QED) is 0.199. The van der Waals surface area contributed by atoms with Crippen molar-refractivity contribution >= 4 is 10.8 Å². The molecule has 0 bridgehead atoms. The molecule has 5 rings (SSSR count). The second-order valence-electron chi connectivity index (χ2n) is 9.73. The standard InChI is InChI=1S/C20H20N.C12H14N2O.Ir/c1-13(2)17-6-5-16-7-8-21-20(19(16)12-17)18-10-14(3)9-15(4)11-18;1-8-9(2)14(3)12(13-8)10-6-4-5-7-11(10)15;/h5-10,12-13H,1-4H3;4-7,15H,1-3H3;/q-1;;. The molecule has 37 heavy (non-hydrogen) atoms. The summed E-state index contributed by atoms with van der Waals surface area (Å²) in [5.41, 5.74) is 8.76. The van der Waals surface area contributed by atoms with Crippen LogP contribution in [0.5, 0.6) is 5.75 Å². The molecule has 1 N–H and O–H groups in total. The van der Waals surface area contributed by atoms with E-state index in [-0.39, 0.29) is 25.9 Å². The molecule has 2 aromatic heterocycles. The van der Waals surface area contributed by atoms with Gasteiger partial charge in [0.15, 0.2) is 0 Å². The Morgan fingerprint density at radius 2 is 1.65 bits per heavy atom. The SMILES string of the molecule is Cc1[c-]c(-c2nccc3ccc(C(C)C)cc23)cc(C)c1.Cc1nc(-c2ccccc2O)n(C)c1C.[Ir]. The summed E-state index contributed by atoms with van der Waals surface area (Å²) < 4.78 is 1.99. The predicted molar refractivity (Wildman–Crippen MR) is 149 cm³/mol. The number of para-hydroxylation sites is 1.